The average Bonchev–Trinajstić information content (AvgIpc) is 2.33. The molecule has 1 unspecified atom stereocenters. The molecule has 1 nitrogen and oxygen atoms in total. The molecule has 0 aromatic heterocycles. The van der Waals surface area contributed by atoms with Crippen LogP contribution in [0.15, 0.2) is 50.7 Å². The van der Waals surface area contributed by atoms with E-state index in [-0.39, 0.29) is 6.04 Å². The predicted molar refractivity (Wildman–Crippen MR) is 87.3 cm³/mol. The summed E-state index contributed by atoms with van der Waals surface area (Å²) in [5.74, 6) is 0. The van der Waals surface area contributed by atoms with Crippen molar-refractivity contribution in [1.82, 2.24) is 0 Å². The standard InChI is InChI=1S/C14H12BrCl2NS/c1-8(18)11-4-2-9(15)6-13(11)19-14-7-10(16)3-5-12(14)17/h2-8H,18H2,1H3. The Kier molecular flexibility index (Phi) is 5.21. The molecule has 0 saturated heterocycles. The first-order chi connectivity index (χ1) is 8.97. The highest BCUT2D eigenvalue weighted by Gasteiger charge is 2.11. The van der Waals surface area contributed by atoms with Gasteiger partial charge in [0.1, 0.15) is 0 Å². The van der Waals surface area contributed by atoms with Gasteiger partial charge in [0.05, 0.1) is 5.02 Å². The normalized spacial score (nSPS) is 12.5. The lowest BCUT2D eigenvalue weighted by Crippen LogP contribution is -2.06. The molecule has 0 saturated carbocycles. The van der Waals surface area contributed by atoms with Gasteiger partial charge in [-0.3, -0.25) is 0 Å². The summed E-state index contributed by atoms with van der Waals surface area (Å²) in [5, 5.41) is 1.36. The lowest BCUT2D eigenvalue weighted by molar-refractivity contribution is 0.797. The third-order valence-corrected chi connectivity index (χ3v) is 4.88. The number of hydrogen-bond donors (Lipinski definition) is 1. The Morgan fingerprint density at radius 3 is 2.53 bits per heavy atom. The van der Waals surface area contributed by atoms with Crippen LogP contribution in [0.2, 0.25) is 10.0 Å². The minimum Gasteiger partial charge on any atom is -0.324 e. The van der Waals surface area contributed by atoms with Crippen LogP contribution in [-0.4, -0.2) is 0 Å². The van der Waals surface area contributed by atoms with Crippen LogP contribution in [0.4, 0.5) is 0 Å². The molecule has 0 aliphatic carbocycles. The third-order valence-electron chi connectivity index (χ3n) is 2.58. The van der Waals surface area contributed by atoms with Crippen molar-refractivity contribution in [3.8, 4) is 0 Å². The van der Waals surface area contributed by atoms with Crippen LogP contribution in [0.3, 0.4) is 0 Å². The Labute approximate surface area is 135 Å². The number of rotatable bonds is 3. The fourth-order valence-electron chi connectivity index (χ4n) is 1.65. The quantitative estimate of drug-likeness (QED) is 0.718. The molecular weight excluding hydrogens is 365 g/mol. The summed E-state index contributed by atoms with van der Waals surface area (Å²) in [4.78, 5) is 2.00. The lowest BCUT2D eigenvalue weighted by atomic mass is 10.1. The summed E-state index contributed by atoms with van der Waals surface area (Å²) in [6.07, 6.45) is 0. The number of nitrogens with two attached hydrogens (primary N) is 1. The molecule has 0 fully saturated rings. The first-order valence-electron chi connectivity index (χ1n) is 5.65. The average molecular weight is 377 g/mol. The van der Waals surface area contributed by atoms with Crippen molar-refractivity contribution in [3.05, 3.63) is 56.5 Å². The van der Waals surface area contributed by atoms with Gasteiger partial charge < -0.3 is 5.73 Å². The maximum absolute atomic E-state index is 6.20. The summed E-state index contributed by atoms with van der Waals surface area (Å²) in [6.45, 7) is 1.97. The fourth-order valence-corrected chi connectivity index (χ4v) is 3.78. The van der Waals surface area contributed by atoms with Gasteiger partial charge in [-0.2, -0.15) is 0 Å². The van der Waals surface area contributed by atoms with Gasteiger partial charge >= 0.3 is 0 Å². The van der Waals surface area contributed by atoms with E-state index in [2.05, 4.69) is 15.9 Å². The molecule has 0 spiro atoms. The van der Waals surface area contributed by atoms with Crippen LogP contribution >= 0.6 is 50.9 Å². The fraction of sp³-hybridized carbons (Fsp3) is 0.143. The molecule has 19 heavy (non-hydrogen) atoms. The molecule has 5 heteroatoms. The van der Waals surface area contributed by atoms with Crippen molar-refractivity contribution in [2.75, 3.05) is 0 Å². The summed E-state index contributed by atoms with van der Waals surface area (Å²) in [5.41, 5.74) is 7.09. The molecule has 100 valence electrons. The maximum Gasteiger partial charge on any atom is 0.0546 e. The molecule has 2 N–H and O–H groups in total. The summed E-state index contributed by atoms with van der Waals surface area (Å²) in [6, 6.07) is 11.5. The first kappa shape index (κ1) is 15.2. The zero-order chi connectivity index (χ0) is 14.0. The number of halogens is 3. The SMILES string of the molecule is CC(N)c1ccc(Br)cc1Sc1cc(Cl)ccc1Cl. The highest BCUT2D eigenvalue weighted by Crippen LogP contribution is 2.39. The minimum atomic E-state index is -0.0337. The highest BCUT2D eigenvalue weighted by molar-refractivity contribution is 9.10. The molecule has 0 amide bonds. The van der Waals surface area contributed by atoms with Crippen LogP contribution in [0.1, 0.15) is 18.5 Å². The van der Waals surface area contributed by atoms with Gasteiger partial charge in [0, 0.05) is 25.3 Å². The largest absolute Gasteiger partial charge is 0.324 e. The molecule has 1 atom stereocenters. The lowest BCUT2D eigenvalue weighted by Gasteiger charge is -2.13. The van der Waals surface area contributed by atoms with Gasteiger partial charge in [0.25, 0.3) is 0 Å². The van der Waals surface area contributed by atoms with Crippen LogP contribution < -0.4 is 5.73 Å². The zero-order valence-electron chi connectivity index (χ0n) is 10.2. The van der Waals surface area contributed by atoms with Crippen molar-refractivity contribution in [1.29, 1.82) is 0 Å². The minimum absolute atomic E-state index is 0.0337. The van der Waals surface area contributed by atoms with E-state index in [4.69, 9.17) is 28.9 Å². The van der Waals surface area contributed by atoms with Crippen LogP contribution in [0, 0.1) is 0 Å². The Hall–Kier alpha value is -0.190. The summed E-state index contributed by atoms with van der Waals surface area (Å²) >= 11 is 17.3. The van der Waals surface area contributed by atoms with Crippen molar-refractivity contribution in [2.45, 2.75) is 22.8 Å². The number of hydrogen-bond acceptors (Lipinski definition) is 2. The van der Waals surface area contributed by atoms with E-state index in [1.54, 1.807) is 23.9 Å². The Morgan fingerprint density at radius 1 is 1.11 bits per heavy atom. The molecule has 0 radical (unpaired) electrons. The van der Waals surface area contributed by atoms with Crippen molar-refractivity contribution >= 4 is 50.9 Å². The Balaban J connectivity index is 2.42. The molecule has 2 aromatic carbocycles. The van der Waals surface area contributed by atoms with Crippen LogP contribution in [0.5, 0.6) is 0 Å². The highest BCUT2D eigenvalue weighted by atomic mass is 79.9. The first-order valence-corrected chi connectivity index (χ1v) is 8.02. The second-order valence-electron chi connectivity index (χ2n) is 4.15. The van der Waals surface area contributed by atoms with Gasteiger partial charge in [0.15, 0.2) is 0 Å². The Bertz CT molecular complexity index is 602. The second-order valence-corrected chi connectivity index (χ2v) is 6.99. The van der Waals surface area contributed by atoms with Gasteiger partial charge in [-0.1, -0.05) is 57.0 Å². The van der Waals surface area contributed by atoms with Crippen LogP contribution in [0.25, 0.3) is 0 Å². The van der Waals surface area contributed by atoms with Gasteiger partial charge in [-0.25, -0.2) is 0 Å². The van der Waals surface area contributed by atoms with E-state index in [1.807, 2.05) is 31.2 Å². The topological polar surface area (TPSA) is 26.0 Å². The molecule has 0 aliphatic rings. The van der Waals surface area contributed by atoms with Crippen molar-refractivity contribution in [3.63, 3.8) is 0 Å². The van der Waals surface area contributed by atoms with Gasteiger partial charge in [-0.15, -0.1) is 0 Å². The summed E-state index contributed by atoms with van der Waals surface area (Å²) in [7, 11) is 0. The second kappa shape index (κ2) is 6.51. The Morgan fingerprint density at radius 2 is 1.84 bits per heavy atom. The van der Waals surface area contributed by atoms with E-state index >= 15 is 0 Å². The molecule has 0 heterocycles. The zero-order valence-corrected chi connectivity index (χ0v) is 14.1. The van der Waals surface area contributed by atoms with E-state index in [0.717, 1.165) is 19.8 Å². The number of benzene rings is 2. The third kappa shape index (κ3) is 3.89. The van der Waals surface area contributed by atoms with E-state index in [9.17, 15) is 0 Å². The van der Waals surface area contributed by atoms with Gasteiger partial charge in [-0.05, 0) is 42.8 Å². The molecular formula is C14H12BrCl2NS. The molecule has 0 aliphatic heterocycles. The molecule has 2 aromatic rings. The van der Waals surface area contributed by atoms with Crippen LogP contribution in [-0.2, 0) is 0 Å². The molecule has 0 bridgehead atoms. The van der Waals surface area contributed by atoms with Crippen molar-refractivity contribution < 1.29 is 0 Å². The summed E-state index contributed by atoms with van der Waals surface area (Å²) < 4.78 is 1.01. The smallest absolute Gasteiger partial charge is 0.0546 e. The monoisotopic (exact) mass is 375 g/mol. The van der Waals surface area contributed by atoms with E-state index < -0.39 is 0 Å². The van der Waals surface area contributed by atoms with Crippen molar-refractivity contribution in [2.24, 2.45) is 5.73 Å². The molecule has 2 rings (SSSR count). The maximum atomic E-state index is 6.20. The van der Waals surface area contributed by atoms with Gasteiger partial charge in [0.2, 0.25) is 0 Å². The predicted octanol–water partition coefficient (Wildman–Crippen LogP) is 5.93. The van der Waals surface area contributed by atoms with E-state index in [1.165, 1.54) is 0 Å². The van der Waals surface area contributed by atoms with E-state index in [0.29, 0.717) is 10.0 Å².